The van der Waals surface area contributed by atoms with Crippen molar-refractivity contribution in [2.75, 3.05) is 6.61 Å². The predicted molar refractivity (Wildman–Crippen MR) is 119 cm³/mol. The molecule has 2 aromatic carbocycles. The van der Waals surface area contributed by atoms with E-state index >= 15 is 0 Å². The molecular formula is C23H19Cl2F3N2O2. The Bertz CT molecular complexity index is 1300. The molecule has 9 heteroatoms. The summed E-state index contributed by atoms with van der Waals surface area (Å²) in [5, 5.41) is 0.0956. The number of aromatic nitrogens is 2. The van der Waals surface area contributed by atoms with Gasteiger partial charge in [0.05, 0.1) is 10.6 Å². The SMILES string of the molecule is C=C(COc1cc(-c2c(Cl)n3n(c2=O)CCCC3)c(F)cc1Cl)c1ccc(C)c(F)c1F. The maximum absolute atomic E-state index is 14.8. The van der Waals surface area contributed by atoms with Crippen LogP contribution in [0.1, 0.15) is 24.0 Å². The number of fused-ring (bicyclic) bond motifs is 1. The molecule has 0 amide bonds. The first kappa shape index (κ1) is 22.6. The summed E-state index contributed by atoms with van der Waals surface area (Å²) in [6.07, 6.45) is 1.69. The highest BCUT2D eigenvalue weighted by Crippen LogP contribution is 2.36. The Balaban J connectivity index is 1.66. The third kappa shape index (κ3) is 3.84. The van der Waals surface area contributed by atoms with Gasteiger partial charge in [-0.3, -0.25) is 9.48 Å². The van der Waals surface area contributed by atoms with Crippen LogP contribution in [-0.2, 0) is 13.1 Å². The fourth-order valence-electron chi connectivity index (χ4n) is 3.75. The highest BCUT2D eigenvalue weighted by atomic mass is 35.5. The third-order valence-electron chi connectivity index (χ3n) is 5.51. The van der Waals surface area contributed by atoms with Gasteiger partial charge in [-0.15, -0.1) is 0 Å². The number of rotatable bonds is 5. The molecule has 3 aromatic rings. The van der Waals surface area contributed by atoms with Crippen molar-refractivity contribution >= 4 is 28.8 Å². The van der Waals surface area contributed by atoms with E-state index in [1.54, 1.807) is 4.68 Å². The Morgan fingerprint density at radius 1 is 1.09 bits per heavy atom. The van der Waals surface area contributed by atoms with E-state index in [1.165, 1.54) is 29.8 Å². The molecule has 0 N–H and O–H groups in total. The monoisotopic (exact) mass is 482 g/mol. The van der Waals surface area contributed by atoms with E-state index in [0.29, 0.717) is 13.1 Å². The molecule has 0 fully saturated rings. The Morgan fingerprint density at radius 2 is 1.78 bits per heavy atom. The average molecular weight is 483 g/mol. The van der Waals surface area contributed by atoms with Gasteiger partial charge >= 0.3 is 0 Å². The van der Waals surface area contributed by atoms with Crippen molar-refractivity contribution in [3.05, 3.63) is 80.0 Å². The fourth-order valence-corrected chi connectivity index (χ4v) is 4.31. The van der Waals surface area contributed by atoms with Crippen LogP contribution in [0.4, 0.5) is 13.2 Å². The van der Waals surface area contributed by atoms with Gasteiger partial charge < -0.3 is 4.74 Å². The van der Waals surface area contributed by atoms with Crippen molar-refractivity contribution in [1.29, 1.82) is 0 Å². The summed E-state index contributed by atoms with van der Waals surface area (Å²) in [5.41, 5.74) is -0.119. The largest absolute Gasteiger partial charge is 0.487 e. The zero-order valence-electron chi connectivity index (χ0n) is 17.2. The molecule has 168 valence electrons. The number of hydrogen-bond donors (Lipinski definition) is 0. The van der Waals surface area contributed by atoms with Crippen molar-refractivity contribution in [3.63, 3.8) is 0 Å². The number of nitrogens with zero attached hydrogens (tertiary/aromatic N) is 2. The van der Waals surface area contributed by atoms with E-state index in [1.807, 2.05) is 0 Å². The summed E-state index contributed by atoms with van der Waals surface area (Å²) in [6, 6.07) is 5.15. The van der Waals surface area contributed by atoms with E-state index in [0.717, 1.165) is 18.9 Å². The molecule has 0 atom stereocenters. The lowest BCUT2D eigenvalue weighted by atomic mass is 10.0. The van der Waals surface area contributed by atoms with Crippen molar-refractivity contribution in [1.82, 2.24) is 9.36 Å². The molecule has 1 aliphatic heterocycles. The zero-order valence-corrected chi connectivity index (χ0v) is 18.7. The molecule has 0 spiro atoms. The van der Waals surface area contributed by atoms with E-state index < -0.39 is 23.0 Å². The predicted octanol–water partition coefficient (Wildman–Crippen LogP) is 6.24. The highest BCUT2D eigenvalue weighted by molar-refractivity contribution is 6.33. The summed E-state index contributed by atoms with van der Waals surface area (Å²) in [5.74, 6) is -2.65. The van der Waals surface area contributed by atoms with E-state index in [-0.39, 0.29) is 50.4 Å². The molecular weight excluding hydrogens is 464 g/mol. The number of ether oxygens (including phenoxy) is 1. The van der Waals surface area contributed by atoms with Gasteiger partial charge in [-0.1, -0.05) is 41.9 Å². The minimum absolute atomic E-state index is 0.0260. The Labute approximate surface area is 192 Å². The van der Waals surface area contributed by atoms with Crippen LogP contribution in [0, 0.1) is 24.4 Å². The molecule has 1 aromatic heterocycles. The average Bonchev–Trinajstić information content (AvgIpc) is 3.02. The molecule has 0 unspecified atom stereocenters. The number of aryl methyl sites for hydroxylation is 1. The topological polar surface area (TPSA) is 36.2 Å². The van der Waals surface area contributed by atoms with Crippen LogP contribution in [0.2, 0.25) is 10.2 Å². The zero-order chi connectivity index (χ0) is 23.2. The van der Waals surface area contributed by atoms with Gasteiger partial charge in [-0.2, -0.15) is 0 Å². The van der Waals surface area contributed by atoms with E-state index in [9.17, 15) is 18.0 Å². The standard InChI is InChI=1S/C23H19Cl2F3N2O2/c1-12-5-6-14(21(28)20(12)27)13(2)11-32-18-9-15(17(26)10-16(18)24)19-22(25)29-7-3-4-8-30(29)23(19)31/h5-6,9-10H,2-4,7-8,11H2,1H3. The first-order valence-corrected chi connectivity index (χ1v) is 10.7. The van der Waals surface area contributed by atoms with Crippen LogP contribution in [0.3, 0.4) is 0 Å². The molecule has 2 heterocycles. The van der Waals surface area contributed by atoms with Gasteiger partial charge in [0.2, 0.25) is 0 Å². The Morgan fingerprint density at radius 3 is 2.47 bits per heavy atom. The first-order chi connectivity index (χ1) is 15.2. The lowest BCUT2D eigenvalue weighted by Gasteiger charge is -2.17. The lowest BCUT2D eigenvalue weighted by molar-refractivity contribution is 0.356. The maximum Gasteiger partial charge on any atom is 0.276 e. The van der Waals surface area contributed by atoms with E-state index in [4.69, 9.17) is 27.9 Å². The van der Waals surface area contributed by atoms with Crippen LogP contribution < -0.4 is 10.3 Å². The smallest absolute Gasteiger partial charge is 0.276 e. The van der Waals surface area contributed by atoms with Crippen LogP contribution in [0.15, 0.2) is 35.6 Å². The van der Waals surface area contributed by atoms with Crippen LogP contribution in [0.5, 0.6) is 5.75 Å². The summed E-state index contributed by atoms with van der Waals surface area (Å²) in [4.78, 5) is 12.9. The van der Waals surface area contributed by atoms with Gasteiger partial charge in [0, 0.05) is 24.2 Å². The van der Waals surface area contributed by atoms with Gasteiger partial charge in [-0.05, 0) is 43.0 Å². The fraction of sp³-hybridized carbons (Fsp3) is 0.261. The summed E-state index contributed by atoms with van der Waals surface area (Å²) in [7, 11) is 0. The summed E-state index contributed by atoms with van der Waals surface area (Å²) >= 11 is 12.5. The molecule has 0 aliphatic carbocycles. The molecule has 32 heavy (non-hydrogen) atoms. The van der Waals surface area contributed by atoms with Crippen molar-refractivity contribution < 1.29 is 17.9 Å². The molecule has 0 saturated carbocycles. The van der Waals surface area contributed by atoms with Crippen LogP contribution in [0.25, 0.3) is 16.7 Å². The molecule has 4 rings (SSSR count). The van der Waals surface area contributed by atoms with Gasteiger partial charge in [-0.25, -0.2) is 17.9 Å². The first-order valence-electron chi connectivity index (χ1n) is 9.94. The van der Waals surface area contributed by atoms with E-state index in [2.05, 4.69) is 6.58 Å². The van der Waals surface area contributed by atoms with Crippen molar-refractivity contribution in [2.24, 2.45) is 0 Å². The maximum atomic E-state index is 14.8. The van der Waals surface area contributed by atoms with Gasteiger partial charge in [0.25, 0.3) is 5.56 Å². The highest BCUT2D eigenvalue weighted by Gasteiger charge is 2.25. The number of benzene rings is 2. The minimum Gasteiger partial charge on any atom is -0.487 e. The summed E-state index contributed by atoms with van der Waals surface area (Å²) in [6.45, 7) is 6.02. The molecule has 0 saturated heterocycles. The summed E-state index contributed by atoms with van der Waals surface area (Å²) < 4.78 is 51.6. The normalized spacial score (nSPS) is 13.2. The van der Waals surface area contributed by atoms with Crippen LogP contribution >= 0.6 is 23.2 Å². The lowest BCUT2D eigenvalue weighted by Crippen LogP contribution is -2.27. The van der Waals surface area contributed by atoms with Crippen molar-refractivity contribution in [3.8, 4) is 16.9 Å². The number of halogens is 5. The second kappa shape index (κ2) is 8.71. The second-order valence-electron chi connectivity index (χ2n) is 7.64. The van der Waals surface area contributed by atoms with Crippen LogP contribution in [-0.4, -0.2) is 16.0 Å². The number of hydrogen-bond acceptors (Lipinski definition) is 2. The molecule has 0 bridgehead atoms. The molecule has 0 radical (unpaired) electrons. The van der Waals surface area contributed by atoms with Gasteiger partial charge in [0.15, 0.2) is 11.6 Å². The second-order valence-corrected chi connectivity index (χ2v) is 8.40. The Hall–Kier alpha value is -2.64. The minimum atomic E-state index is -1.02. The molecule has 4 nitrogen and oxygen atoms in total. The Kier molecular flexibility index (Phi) is 6.14. The molecule has 1 aliphatic rings. The quantitative estimate of drug-likeness (QED) is 0.431. The third-order valence-corrected chi connectivity index (χ3v) is 6.19. The van der Waals surface area contributed by atoms with Crippen molar-refractivity contribution in [2.45, 2.75) is 32.9 Å². The van der Waals surface area contributed by atoms with Gasteiger partial charge in [0.1, 0.15) is 23.3 Å².